The number of hydrogen-bond donors (Lipinski definition) is 1. The monoisotopic (exact) mass is 289 g/mol. The Morgan fingerprint density at radius 1 is 1.38 bits per heavy atom. The SMILES string of the molecule is CCCc1c(NC)ncnc1N1CCN2C(=O)CCC2C1. The third-order valence-corrected chi connectivity index (χ3v) is 4.45. The summed E-state index contributed by atoms with van der Waals surface area (Å²) in [4.78, 5) is 25.0. The number of amides is 1. The molecule has 2 saturated heterocycles. The van der Waals surface area contributed by atoms with Crippen LogP contribution in [0.3, 0.4) is 0 Å². The summed E-state index contributed by atoms with van der Waals surface area (Å²) in [6.07, 6.45) is 5.34. The Hall–Kier alpha value is -1.85. The molecule has 0 saturated carbocycles. The molecule has 1 amide bonds. The highest BCUT2D eigenvalue weighted by Gasteiger charge is 2.36. The molecule has 0 bridgehead atoms. The Morgan fingerprint density at radius 3 is 3.00 bits per heavy atom. The highest BCUT2D eigenvalue weighted by molar-refractivity contribution is 5.79. The van der Waals surface area contributed by atoms with Crippen LogP contribution in [0.4, 0.5) is 11.6 Å². The van der Waals surface area contributed by atoms with E-state index < -0.39 is 0 Å². The van der Waals surface area contributed by atoms with Crippen LogP contribution in [-0.2, 0) is 11.2 Å². The summed E-state index contributed by atoms with van der Waals surface area (Å²) in [6.45, 7) is 4.74. The molecular formula is C15H23N5O. The van der Waals surface area contributed by atoms with Gasteiger partial charge in [-0.3, -0.25) is 4.79 Å². The van der Waals surface area contributed by atoms with Crippen molar-refractivity contribution in [2.24, 2.45) is 0 Å². The van der Waals surface area contributed by atoms with Crippen molar-refractivity contribution in [3.63, 3.8) is 0 Å². The first-order valence-corrected chi connectivity index (χ1v) is 7.80. The average Bonchev–Trinajstić information content (AvgIpc) is 2.88. The van der Waals surface area contributed by atoms with Gasteiger partial charge < -0.3 is 15.1 Å². The van der Waals surface area contributed by atoms with Crippen LogP contribution < -0.4 is 10.2 Å². The fourth-order valence-corrected chi connectivity index (χ4v) is 3.43. The van der Waals surface area contributed by atoms with Crippen LogP contribution in [0.5, 0.6) is 0 Å². The van der Waals surface area contributed by atoms with Crippen LogP contribution in [0.2, 0.25) is 0 Å². The molecule has 6 nitrogen and oxygen atoms in total. The van der Waals surface area contributed by atoms with Gasteiger partial charge >= 0.3 is 0 Å². The third kappa shape index (κ3) is 2.54. The molecule has 114 valence electrons. The van der Waals surface area contributed by atoms with Gasteiger partial charge in [0.15, 0.2) is 0 Å². The summed E-state index contributed by atoms with van der Waals surface area (Å²) in [5, 5.41) is 3.17. The molecule has 1 unspecified atom stereocenters. The largest absolute Gasteiger partial charge is 0.373 e. The first-order chi connectivity index (χ1) is 10.2. The summed E-state index contributed by atoms with van der Waals surface area (Å²) in [5.74, 6) is 2.27. The van der Waals surface area contributed by atoms with Gasteiger partial charge in [0.05, 0.1) is 0 Å². The molecule has 3 rings (SSSR count). The summed E-state index contributed by atoms with van der Waals surface area (Å²) in [6, 6.07) is 0.355. The number of nitrogens with one attached hydrogen (secondary N) is 1. The fraction of sp³-hybridized carbons (Fsp3) is 0.667. The first kappa shape index (κ1) is 14.1. The molecule has 1 atom stereocenters. The topological polar surface area (TPSA) is 61.4 Å². The van der Waals surface area contributed by atoms with E-state index in [9.17, 15) is 4.79 Å². The van der Waals surface area contributed by atoms with Crippen molar-refractivity contribution in [3.05, 3.63) is 11.9 Å². The lowest BCUT2D eigenvalue weighted by Crippen LogP contribution is -2.52. The molecule has 1 aromatic rings. The van der Waals surface area contributed by atoms with Gasteiger partial charge in [-0.2, -0.15) is 0 Å². The Kier molecular flexibility index (Phi) is 3.94. The lowest BCUT2D eigenvalue weighted by atomic mass is 10.1. The molecule has 1 N–H and O–H groups in total. The van der Waals surface area contributed by atoms with Gasteiger partial charge in [0.1, 0.15) is 18.0 Å². The van der Waals surface area contributed by atoms with E-state index in [0.717, 1.165) is 50.5 Å². The van der Waals surface area contributed by atoms with Crippen LogP contribution in [-0.4, -0.2) is 53.5 Å². The minimum Gasteiger partial charge on any atom is -0.373 e. The smallest absolute Gasteiger partial charge is 0.223 e. The Bertz CT molecular complexity index is 533. The zero-order valence-corrected chi connectivity index (χ0v) is 12.8. The minimum atomic E-state index is 0.312. The van der Waals surface area contributed by atoms with Gasteiger partial charge in [-0.25, -0.2) is 9.97 Å². The molecule has 3 heterocycles. The molecule has 2 aliphatic rings. The zero-order chi connectivity index (χ0) is 14.8. The standard InChI is InChI=1S/C15H23N5O/c1-3-4-12-14(16-2)17-10-18-15(12)19-7-8-20-11(9-19)5-6-13(20)21/h10-11H,3-9H2,1-2H3,(H,16,17,18). The summed E-state index contributed by atoms with van der Waals surface area (Å²) < 4.78 is 0. The van der Waals surface area contributed by atoms with E-state index in [1.165, 1.54) is 5.56 Å². The van der Waals surface area contributed by atoms with Crippen LogP contribution in [0, 0.1) is 0 Å². The highest BCUT2D eigenvalue weighted by atomic mass is 16.2. The summed E-state index contributed by atoms with van der Waals surface area (Å²) in [7, 11) is 1.90. The number of rotatable bonds is 4. The quantitative estimate of drug-likeness (QED) is 0.905. The summed E-state index contributed by atoms with van der Waals surface area (Å²) >= 11 is 0. The molecule has 21 heavy (non-hydrogen) atoms. The Balaban J connectivity index is 1.85. The molecule has 2 aliphatic heterocycles. The number of hydrogen-bond acceptors (Lipinski definition) is 5. The molecule has 0 aliphatic carbocycles. The van der Waals surface area contributed by atoms with Crippen molar-refractivity contribution in [1.82, 2.24) is 14.9 Å². The van der Waals surface area contributed by atoms with E-state index in [0.29, 0.717) is 18.4 Å². The molecule has 0 radical (unpaired) electrons. The number of anilines is 2. The second-order valence-electron chi connectivity index (χ2n) is 5.75. The van der Waals surface area contributed by atoms with Gasteiger partial charge in [0, 0.05) is 44.7 Å². The molecule has 6 heteroatoms. The fourth-order valence-electron chi connectivity index (χ4n) is 3.43. The molecule has 1 aromatic heterocycles. The van der Waals surface area contributed by atoms with Crippen molar-refractivity contribution < 1.29 is 4.79 Å². The number of nitrogens with zero attached hydrogens (tertiary/aromatic N) is 4. The normalized spacial score (nSPS) is 21.6. The second kappa shape index (κ2) is 5.87. The maximum absolute atomic E-state index is 11.8. The van der Waals surface area contributed by atoms with E-state index in [-0.39, 0.29) is 0 Å². The van der Waals surface area contributed by atoms with Gasteiger partial charge in [0.25, 0.3) is 0 Å². The zero-order valence-electron chi connectivity index (χ0n) is 12.8. The molecule has 0 spiro atoms. The van der Waals surface area contributed by atoms with Crippen LogP contribution >= 0.6 is 0 Å². The minimum absolute atomic E-state index is 0.312. The van der Waals surface area contributed by atoms with Gasteiger partial charge in [0.2, 0.25) is 5.91 Å². The van der Waals surface area contributed by atoms with Gasteiger partial charge in [-0.05, 0) is 12.8 Å². The predicted molar refractivity (Wildman–Crippen MR) is 82.5 cm³/mol. The van der Waals surface area contributed by atoms with Gasteiger partial charge in [-0.1, -0.05) is 13.3 Å². The lowest BCUT2D eigenvalue weighted by Gasteiger charge is -2.39. The Morgan fingerprint density at radius 2 is 2.24 bits per heavy atom. The van der Waals surface area contributed by atoms with Gasteiger partial charge in [-0.15, -0.1) is 0 Å². The maximum atomic E-state index is 11.8. The summed E-state index contributed by atoms with van der Waals surface area (Å²) in [5.41, 5.74) is 1.19. The van der Waals surface area contributed by atoms with Crippen molar-refractivity contribution >= 4 is 17.5 Å². The van der Waals surface area contributed by atoms with Crippen molar-refractivity contribution in [1.29, 1.82) is 0 Å². The van der Waals surface area contributed by atoms with Crippen molar-refractivity contribution in [3.8, 4) is 0 Å². The predicted octanol–water partition coefficient (Wildman–Crippen LogP) is 1.28. The number of fused-ring (bicyclic) bond motifs is 1. The molecule has 2 fully saturated rings. The number of carbonyl (C=O) groups excluding carboxylic acids is 1. The molecule has 0 aromatic carbocycles. The first-order valence-electron chi connectivity index (χ1n) is 7.80. The van der Waals surface area contributed by atoms with Crippen molar-refractivity contribution in [2.75, 3.05) is 36.9 Å². The van der Waals surface area contributed by atoms with Crippen LogP contribution in [0.1, 0.15) is 31.7 Å². The van der Waals surface area contributed by atoms with E-state index in [1.807, 2.05) is 11.9 Å². The second-order valence-corrected chi connectivity index (χ2v) is 5.75. The highest BCUT2D eigenvalue weighted by Crippen LogP contribution is 2.29. The Labute approximate surface area is 125 Å². The average molecular weight is 289 g/mol. The van der Waals surface area contributed by atoms with E-state index >= 15 is 0 Å². The van der Waals surface area contributed by atoms with E-state index in [2.05, 4.69) is 27.1 Å². The molecular weight excluding hydrogens is 266 g/mol. The van der Waals surface area contributed by atoms with E-state index in [4.69, 9.17) is 0 Å². The van der Waals surface area contributed by atoms with Crippen molar-refractivity contribution in [2.45, 2.75) is 38.6 Å². The number of carbonyl (C=O) groups is 1. The van der Waals surface area contributed by atoms with E-state index in [1.54, 1.807) is 6.33 Å². The third-order valence-electron chi connectivity index (χ3n) is 4.45. The number of piperazine rings is 1. The maximum Gasteiger partial charge on any atom is 0.223 e. The number of aromatic nitrogens is 2. The lowest BCUT2D eigenvalue weighted by molar-refractivity contribution is -0.129. The van der Waals surface area contributed by atoms with Crippen LogP contribution in [0.15, 0.2) is 6.33 Å². The van der Waals surface area contributed by atoms with Crippen LogP contribution in [0.25, 0.3) is 0 Å².